The molecule has 0 amide bonds. The van der Waals surface area contributed by atoms with Crippen LogP contribution in [0.4, 0.5) is 0 Å². The van der Waals surface area contributed by atoms with E-state index in [0.717, 1.165) is 5.75 Å². The summed E-state index contributed by atoms with van der Waals surface area (Å²) in [7, 11) is 6.05. The Labute approximate surface area is 91.9 Å². The molecular formula is C13H19NO. The molecule has 82 valence electrons. The first-order chi connectivity index (χ1) is 7.13. The topological polar surface area (TPSA) is 12.5 Å². The lowest BCUT2D eigenvalue weighted by atomic mass is 10.0. The van der Waals surface area contributed by atoms with Crippen molar-refractivity contribution < 1.29 is 4.74 Å². The lowest BCUT2D eigenvalue weighted by Crippen LogP contribution is -2.17. The molecule has 1 aliphatic carbocycles. The molecule has 0 saturated heterocycles. The summed E-state index contributed by atoms with van der Waals surface area (Å²) in [6.45, 7) is 2.12. The molecule has 0 aromatic heterocycles. The van der Waals surface area contributed by atoms with Gasteiger partial charge in [-0.15, -0.1) is 0 Å². The first-order valence-electron chi connectivity index (χ1n) is 5.47. The second-order valence-corrected chi connectivity index (χ2v) is 4.54. The predicted octanol–water partition coefficient (Wildman–Crippen LogP) is 2.55. The molecule has 15 heavy (non-hydrogen) atoms. The van der Waals surface area contributed by atoms with Gasteiger partial charge in [-0.3, -0.25) is 0 Å². The van der Waals surface area contributed by atoms with E-state index in [2.05, 4.69) is 38.1 Å². The monoisotopic (exact) mass is 205 g/mol. The third-order valence-electron chi connectivity index (χ3n) is 3.33. The number of rotatable bonds is 2. The summed E-state index contributed by atoms with van der Waals surface area (Å²) >= 11 is 0. The summed E-state index contributed by atoms with van der Waals surface area (Å²) in [4.78, 5) is 2.30. The van der Waals surface area contributed by atoms with Crippen molar-refractivity contribution in [2.45, 2.75) is 25.8 Å². The van der Waals surface area contributed by atoms with Crippen molar-refractivity contribution >= 4 is 0 Å². The number of hydrogen-bond donors (Lipinski definition) is 0. The molecule has 2 nitrogen and oxygen atoms in total. The van der Waals surface area contributed by atoms with Crippen molar-refractivity contribution in [3.8, 4) is 5.75 Å². The average Bonchev–Trinajstić information content (AvgIpc) is 2.59. The van der Waals surface area contributed by atoms with Gasteiger partial charge in [-0.2, -0.15) is 0 Å². The van der Waals surface area contributed by atoms with Crippen LogP contribution < -0.4 is 4.74 Å². The summed E-state index contributed by atoms with van der Waals surface area (Å²) in [5.41, 5.74) is 4.18. The Morgan fingerprint density at radius 2 is 2.07 bits per heavy atom. The Hall–Kier alpha value is -1.02. The molecule has 0 spiro atoms. The summed E-state index contributed by atoms with van der Waals surface area (Å²) in [6.07, 6.45) is 2.41. The van der Waals surface area contributed by atoms with Gasteiger partial charge < -0.3 is 9.64 Å². The van der Waals surface area contributed by atoms with E-state index >= 15 is 0 Å². The van der Waals surface area contributed by atoms with Crippen LogP contribution >= 0.6 is 0 Å². The molecule has 1 aliphatic rings. The molecule has 0 N–H and O–H groups in total. The van der Waals surface area contributed by atoms with Gasteiger partial charge in [0.1, 0.15) is 5.75 Å². The van der Waals surface area contributed by atoms with Crippen molar-refractivity contribution in [1.29, 1.82) is 0 Å². The highest BCUT2D eigenvalue weighted by Crippen LogP contribution is 2.37. The van der Waals surface area contributed by atoms with E-state index in [1.165, 1.54) is 29.5 Å². The van der Waals surface area contributed by atoms with E-state index in [1.54, 1.807) is 7.11 Å². The molecule has 2 rings (SSSR count). The molecule has 1 aromatic rings. The molecule has 0 heterocycles. The number of methoxy groups -OCH3 is 1. The van der Waals surface area contributed by atoms with Crippen LogP contribution in [0.3, 0.4) is 0 Å². The molecule has 0 aliphatic heterocycles. The van der Waals surface area contributed by atoms with E-state index in [1.807, 2.05) is 0 Å². The summed E-state index contributed by atoms with van der Waals surface area (Å²) in [5.74, 6) is 1.02. The number of aryl methyl sites for hydroxylation is 2. The highest BCUT2D eigenvalue weighted by Gasteiger charge is 2.25. The van der Waals surface area contributed by atoms with Crippen LogP contribution in [0.25, 0.3) is 0 Å². The SMILES string of the molecule is COc1cc2c(cc1C)C(N(C)C)CC2. The van der Waals surface area contributed by atoms with Gasteiger partial charge in [-0.1, -0.05) is 6.07 Å². The minimum absolute atomic E-state index is 0.588. The zero-order chi connectivity index (χ0) is 11.0. The Morgan fingerprint density at radius 1 is 1.33 bits per heavy atom. The van der Waals surface area contributed by atoms with E-state index in [-0.39, 0.29) is 0 Å². The fourth-order valence-corrected chi connectivity index (χ4v) is 2.48. The molecule has 0 bridgehead atoms. The van der Waals surface area contributed by atoms with Gasteiger partial charge in [-0.25, -0.2) is 0 Å². The minimum atomic E-state index is 0.588. The molecule has 1 atom stereocenters. The summed E-state index contributed by atoms with van der Waals surface area (Å²) in [6, 6.07) is 5.07. The highest BCUT2D eigenvalue weighted by molar-refractivity contribution is 5.45. The number of hydrogen-bond acceptors (Lipinski definition) is 2. The number of benzene rings is 1. The first kappa shape index (κ1) is 10.5. The van der Waals surface area contributed by atoms with Gasteiger partial charge in [0.05, 0.1) is 7.11 Å². The molecule has 1 unspecified atom stereocenters. The van der Waals surface area contributed by atoms with E-state index in [9.17, 15) is 0 Å². The van der Waals surface area contributed by atoms with Crippen LogP contribution in [-0.2, 0) is 6.42 Å². The molecule has 2 heteroatoms. The van der Waals surface area contributed by atoms with Crippen molar-refractivity contribution in [2.24, 2.45) is 0 Å². The van der Waals surface area contributed by atoms with Crippen molar-refractivity contribution in [3.05, 3.63) is 28.8 Å². The summed E-state index contributed by atoms with van der Waals surface area (Å²) in [5, 5.41) is 0. The fourth-order valence-electron chi connectivity index (χ4n) is 2.48. The van der Waals surface area contributed by atoms with Gasteiger partial charge in [0.2, 0.25) is 0 Å². The molecule has 0 radical (unpaired) electrons. The molecule has 1 aromatic carbocycles. The van der Waals surface area contributed by atoms with Crippen molar-refractivity contribution in [2.75, 3.05) is 21.2 Å². The third kappa shape index (κ3) is 1.74. The Morgan fingerprint density at radius 3 is 2.67 bits per heavy atom. The van der Waals surface area contributed by atoms with Crippen LogP contribution in [-0.4, -0.2) is 26.1 Å². The fraction of sp³-hybridized carbons (Fsp3) is 0.538. The van der Waals surface area contributed by atoms with Crippen LogP contribution in [0.1, 0.15) is 29.2 Å². The molecule has 0 fully saturated rings. The minimum Gasteiger partial charge on any atom is -0.496 e. The van der Waals surface area contributed by atoms with Gasteiger partial charge in [-0.05, 0) is 56.6 Å². The number of nitrogens with zero attached hydrogens (tertiary/aromatic N) is 1. The highest BCUT2D eigenvalue weighted by atomic mass is 16.5. The van der Waals surface area contributed by atoms with E-state index in [0.29, 0.717) is 6.04 Å². The number of ether oxygens (including phenoxy) is 1. The molecular weight excluding hydrogens is 186 g/mol. The van der Waals surface area contributed by atoms with Crippen LogP contribution in [0.15, 0.2) is 12.1 Å². The Balaban J connectivity index is 2.43. The van der Waals surface area contributed by atoms with Crippen LogP contribution in [0.2, 0.25) is 0 Å². The molecule has 0 saturated carbocycles. The maximum atomic E-state index is 5.35. The predicted molar refractivity (Wildman–Crippen MR) is 62.5 cm³/mol. The van der Waals surface area contributed by atoms with Crippen LogP contribution in [0.5, 0.6) is 5.75 Å². The quantitative estimate of drug-likeness (QED) is 0.735. The lowest BCUT2D eigenvalue weighted by molar-refractivity contribution is 0.299. The third-order valence-corrected chi connectivity index (χ3v) is 3.33. The standard InChI is InChI=1S/C13H19NO/c1-9-7-11-10(8-13(9)15-4)5-6-12(11)14(2)3/h7-8,12H,5-6H2,1-4H3. The van der Waals surface area contributed by atoms with Gasteiger partial charge in [0.25, 0.3) is 0 Å². The smallest absolute Gasteiger partial charge is 0.122 e. The Kier molecular flexibility index (Phi) is 2.70. The zero-order valence-electron chi connectivity index (χ0n) is 10.0. The second kappa shape index (κ2) is 3.86. The maximum absolute atomic E-state index is 5.35. The first-order valence-corrected chi connectivity index (χ1v) is 5.47. The van der Waals surface area contributed by atoms with Gasteiger partial charge in [0.15, 0.2) is 0 Å². The normalized spacial score (nSPS) is 19.4. The van der Waals surface area contributed by atoms with Gasteiger partial charge >= 0.3 is 0 Å². The van der Waals surface area contributed by atoms with Crippen molar-refractivity contribution in [1.82, 2.24) is 4.90 Å². The Bertz CT molecular complexity index is 371. The zero-order valence-corrected chi connectivity index (χ0v) is 10.0. The lowest BCUT2D eigenvalue weighted by Gasteiger charge is -2.20. The summed E-state index contributed by atoms with van der Waals surface area (Å²) < 4.78 is 5.35. The van der Waals surface area contributed by atoms with Crippen LogP contribution in [0, 0.1) is 6.92 Å². The largest absolute Gasteiger partial charge is 0.496 e. The number of fused-ring (bicyclic) bond motifs is 1. The van der Waals surface area contributed by atoms with Gasteiger partial charge in [0, 0.05) is 6.04 Å². The van der Waals surface area contributed by atoms with Crippen molar-refractivity contribution in [3.63, 3.8) is 0 Å². The van der Waals surface area contributed by atoms with E-state index < -0.39 is 0 Å². The van der Waals surface area contributed by atoms with E-state index in [4.69, 9.17) is 4.74 Å². The second-order valence-electron chi connectivity index (χ2n) is 4.54. The average molecular weight is 205 g/mol. The maximum Gasteiger partial charge on any atom is 0.122 e.